The number of urea groups is 1. The third kappa shape index (κ3) is 5.30. The van der Waals surface area contributed by atoms with Crippen LogP contribution in [0.25, 0.3) is 0 Å². The minimum absolute atomic E-state index is 0.0704. The predicted molar refractivity (Wildman–Crippen MR) is 60.9 cm³/mol. The molecule has 0 aromatic carbocycles. The van der Waals surface area contributed by atoms with E-state index in [9.17, 15) is 14.4 Å². The Morgan fingerprint density at radius 1 is 1.29 bits per heavy atom. The Morgan fingerprint density at radius 2 is 1.94 bits per heavy atom. The number of rotatable bonds is 6. The van der Waals surface area contributed by atoms with E-state index in [1.165, 1.54) is 0 Å². The van der Waals surface area contributed by atoms with Crippen molar-refractivity contribution in [1.29, 1.82) is 0 Å². The van der Waals surface area contributed by atoms with Crippen LogP contribution in [0.5, 0.6) is 0 Å². The molecule has 1 unspecified atom stereocenters. The molecule has 1 saturated carbocycles. The second-order valence-corrected chi connectivity index (χ2v) is 4.09. The van der Waals surface area contributed by atoms with Gasteiger partial charge in [0.25, 0.3) is 0 Å². The van der Waals surface area contributed by atoms with E-state index in [4.69, 9.17) is 5.73 Å². The standard InChI is InChI=1S/C10H18N4O3/c1-6(8(15)14-10(11)17)12-4-5-13-9(16)7-2-3-7/h6-7,12H,2-5H2,1H3,(H,13,16)(H3,11,14,15,17). The Bertz CT molecular complexity index is 315. The molecule has 4 amide bonds. The SMILES string of the molecule is CC(NCCNC(=O)C1CC1)C(=O)NC(N)=O. The van der Waals surface area contributed by atoms with Gasteiger partial charge in [-0.25, -0.2) is 4.79 Å². The molecule has 7 nitrogen and oxygen atoms in total. The molecule has 0 aromatic rings. The van der Waals surface area contributed by atoms with Crippen LogP contribution in [0.3, 0.4) is 0 Å². The van der Waals surface area contributed by atoms with Crippen molar-refractivity contribution in [3.63, 3.8) is 0 Å². The smallest absolute Gasteiger partial charge is 0.318 e. The van der Waals surface area contributed by atoms with Gasteiger partial charge < -0.3 is 16.4 Å². The Balaban J connectivity index is 2.06. The van der Waals surface area contributed by atoms with Crippen LogP contribution in [0.4, 0.5) is 4.79 Å². The summed E-state index contributed by atoms with van der Waals surface area (Å²) in [4.78, 5) is 32.9. The van der Waals surface area contributed by atoms with E-state index in [0.29, 0.717) is 13.1 Å². The number of hydrogen-bond acceptors (Lipinski definition) is 4. The van der Waals surface area contributed by atoms with Crippen LogP contribution in [0.2, 0.25) is 0 Å². The maximum Gasteiger partial charge on any atom is 0.318 e. The van der Waals surface area contributed by atoms with E-state index < -0.39 is 18.0 Å². The Morgan fingerprint density at radius 3 is 2.47 bits per heavy atom. The molecule has 7 heteroatoms. The predicted octanol–water partition coefficient (Wildman–Crippen LogP) is -1.31. The topological polar surface area (TPSA) is 113 Å². The van der Waals surface area contributed by atoms with Crippen molar-refractivity contribution < 1.29 is 14.4 Å². The summed E-state index contributed by atoms with van der Waals surface area (Å²) in [5.74, 6) is -0.224. The molecule has 1 fully saturated rings. The molecule has 17 heavy (non-hydrogen) atoms. The Kier molecular flexibility index (Phi) is 4.89. The molecular formula is C10H18N4O3. The largest absolute Gasteiger partial charge is 0.355 e. The van der Waals surface area contributed by atoms with Gasteiger partial charge in [0.05, 0.1) is 6.04 Å². The van der Waals surface area contributed by atoms with Gasteiger partial charge in [0.2, 0.25) is 11.8 Å². The fraction of sp³-hybridized carbons (Fsp3) is 0.700. The van der Waals surface area contributed by atoms with Crippen LogP contribution in [0.15, 0.2) is 0 Å². The number of hydrogen-bond donors (Lipinski definition) is 4. The molecular weight excluding hydrogens is 224 g/mol. The van der Waals surface area contributed by atoms with E-state index in [0.717, 1.165) is 12.8 Å². The molecule has 1 aliphatic carbocycles. The van der Waals surface area contributed by atoms with Crippen molar-refractivity contribution in [2.24, 2.45) is 11.7 Å². The van der Waals surface area contributed by atoms with E-state index in [1.54, 1.807) is 6.92 Å². The molecule has 0 aliphatic heterocycles. The fourth-order valence-electron chi connectivity index (χ4n) is 1.29. The van der Waals surface area contributed by atoms with Gasteiger partial charge in [0, 0.05) is 19.0 Å². The maximum absolute atomic E-state index is 11.2. The first kappa shape index (κ1) is 13.4. The van der Waals surface area contributed by atoms with Crippen molar-refractivity contribution in [1.82, 2.24) is 16.0 Å². The highest BCUT2D eigenvalue weighted by Crippen LogP contribution is 2.28. The number of nitrogens with two attached hydrogens (primary N) is 1. The van der Waals surface area contributed by atoms with Gasteiger partial charge >= 0.3 is 6.03 Å². The molecule has 1 aliphatic rings. The Labute approximate surface area is 99.5 Å². The first-order chi connectivity index (χ1) is 8.00. The molecule has 1 atom stereocenters. The molecule has 0 aromatic heterocycles. The molecule has 0 heterocycles. The van der Waals surface area contributed by atoms with Crippen LogP contribution >= 0.6 is 0 Å². The van der Waals surface area contributed by atoms with Crippen molar-refractivity contribution in [3.8, 4) is 0 Å². The average molecular weight is 242 g/mol. The van der Waals surface area contributed by atoms with Gasteiger partial charge in [0.1, 0.15) is 0 Å². The van der Waals surface area contributed by atoms with E-state index in [-0.39, 0.29) is 11.8 Å². The maximum atomic E-state index is 11.2. The monoisotopic (exact) mass is 242 g/mol. The van der Waals surface area contributed by atoms with Crippen LogP contribution in [-0.2, 0) is 9.59 Å². The summed E-state index contributed by atoms with van der Waals surface area (Å²) in [5, 5.41) is 7.59. The van der Waals surface area contributed by atoms with Crippen molar-refractivity contribution >= 4 is 17.8 Å². The molecule has 0 saturated heterocycles. The zero-order valence-corrected chi connectivity index (χ0v) is 9.79. The van der Waals surface area contributed by atoms with Crippen LogP contribution in [-0.4, -0.2) is 37.0 Å². The fourth-order valence-corrected chi connectivity index (χ4v) is 1.29. The van der Waals surface area contributed by atoms with Crippen LogP contribution in [0, 0.1) is 5.92 Å². The van der Waals surface area contributed by atoms with Crippen molar-refractivity contribution in [2.45, 2.75) is 25.8 Å². The summed E-state index contributed by atoms with van der Waals surface area (Å²) < 4.78 is 0. The summed E-state index contributed by atoms with van der Waals surface area (Å²) in [7, 11) is 0. The number of amides is 4. The van der Waals surface area contributed by atoms with Crippen LogP contribution < -0.4 is 21.7 Å². The van der Waals surface area contributed by atoms with Gasteiger partial charge in [-0.05, 0) is 19.8 Å². The summed E-state index contributed by atoms with van der Waals surface area (Å²) >= 11 is 0. The zero-order valence-electron chi connectivity index (χ0n) is 9.79. The first-order valence-electron chi connectivity index (χ1n) is 5.62. The summed E-state index contributed by atoms with van der Waals surface area (Å²) in [5.41, 5.74) is 4.81. The highest BCUT2D eigenvalue weighted by atomic mass is 16.2. The third-order valence-electron chi connectivity index (χ3n) is 2.46. The normalized spacial score (nSPS) is 16.1. The van der Waals surface area contributed by atoms with Gasteiger partial charge in [-0.3, -0.25) is 14.9 Å². The zero-order chi connectivity index (χ0) is 12.8. The average Bonchev–Trinajstić information content (AvgIpc) is 3.06. The lowest BCUT2D eigenvalue weighted by atomic mass is 10.3. The third-order valence-corrected chi connectivity index (χ3v) is 2.46. The van der Waals surface area contributed by atoms with E-state index >= 15 is 0 Å². The number of primary amides is 1. The van der Waals surface area contributed by atoms with Gasteiger partial charge in [-0.15, -0.1) is 0 Å². The molecule has 0 bridgehead atoms. The summed E-state index contributed by atoms with van der Waals surface area (Å²) in [6, 6.07) is -1.40. The second-order valence-electron chi connectivity index (χ2n) is 4.09. The molecule has 5 N–H and O–H groups in total. The first-order valence-corrected chi connectivity index (χ1v) is 5.62. The lowest BCUT2D eigenvalue weighted by Crippen LogP contribution is -2.48. The van der Waals surface area contributed by atoms with Gasteiger partial charge in [-0.1, -0.05) is 0 Å². The molecule has 96 valence electrons. The summed E-state index contributed by atoms with van der Waals surface area (Å²) in [6.07, 6.45) is 1.94. The van der Waals surface area contributed by atoms with Crippen LogP contribution in [0.1, 0.15) is 19.8 Å². The highest BCUT2D eigenvalue weighted by Gasteiger charge is 2.29. The number of carbonyl (C=O) groups is 3. The lowest BCUT2D eigenvalue weighted by Gasteiger charge is -2.12. The summed E-state index contributed by atoms with van der Waals surface area (Å²) in [6.45, 7) is 2.54. The Hall–Kier alpha value is -1.63. The molecule has 0 spiro atoms. The number of carbonyl (C=O) groups excluding carboxylic acids is 3. The quantitative estimate of drug-likeness (QED) is 0.433. The highest BCUT2D eigenvalue weighted by molar-refractivity contribution is 5.96. The van der Waals surface area contributed by atoms with Crippen molar-refractivity contribution in [2.75, 3.05) is 13.1 Å². The molecule has 0 radical (unpaired) electrons. The van der Waals surface area contributed by atoms with Crippen molar-refractivity contribution in [3.05, 3.63) is 0 Å². The number of imide groups is 1. The van der Waals surface area contributed by atoms with E-state index in [2.05, 4.69) is 10.6 Å². The van der Waals surface area contributed by atoms with E-state index in [1.807, 2.05) is 5.32 Å². The number of nitrogens with one attached hydrogen (secondary N) is 3. The van der Waals surface area contributed by atoms with Gasteiger partial charge in [0.15, 0.2) is 0 Å². The van der Waals surface area contributed by atoms with Gasteiger partial charge in [-0.2, -0.15) is 0 Å². The second kappa shape index (κ2) is 6.19. The minimum Gasteiger partial charge on any atom is -0.355 e. The molecule has 1 rings (SSSR count). The minimum atomic E-state index is -0.870. The lowest BCUT2D eigenvalue weighted by molar-refractivity contribution is -0.122.